The lowest BCUT2D eigenvalue weighted by Crippen LogP contribution is -2.22. The van der Waals surface area contributed by atoms with Crippen molar-refractivity contribution in [2.75, 3.05) is 16.6 Å². The molecule has 0 bridgehead atoms. The average molecular weight is 499 g/mol. The van der Waals surface area contributed by atoms with Crippen molar-refractivity contribution in [3.63, 3.8) is 0 Å². The highest BCUT2D eigenvalue weighted by atomic mass is 32.2. The number of halogens is 2. The van der Waals surface area contributed by atoms with Gasteiger partial charge in [0.1, 0.15) is 4.21 Å². The molecule has 12 heteroatoms. The first-order valence-corrected chi connectivity index (χ1v) is 12.2. The van der Waals surface area contributed by atoms with Gasteiger partial charge in [-0.2, -0.15) is 8.78 Å². The zero-order valence-electron chi connectivity index (χ0n) is 16.2. The van der Waals surface area contributed by atoms with Crippen LogP contribution in [0.3, 0.4) is 0 Å². The maximum atomic E-state index is 12.4. The Labute approximate surface area is 190 Å². The molecule has 0 spiro atoms. The highest BCUT2D eigenvalue weighted by Crippen LogP contribution is 2.26. The fraction of sp³-hybridized carbons (Fsp3) is 0.100. The van der Waals surface area contributed by atoms with Crippen molar-refractivity contribution < 1.29 is 31.5 Å². The number of para-hydroxylation sites is 1. The predicted octanol–water partition coefficient (Wildman–Crippen LogP) is 4.66. The number of thiophene rings is 1. The molecule has 1 heterocycles. The summed E-state index contributed by atoms with van der Waals surface area (Å²) in [5.41, 5.74) is 0.293. The Bertz CT molecular complexity index is 1180. The van der Waals surface area contributed by atoms with Crippen LogP contribution in [-0.2, 0) is 19.6 Å². The Morgan fingerprint density at radius 1 is 1.03 bits per heavy atom. The van der Waals surface area contributed by atoms with Crippen molar-refractivity contribution in [1.29, 1.82) is 0 Å². The minimum absolute atomic E-state index is 0.0124. The van der Waals surface area contributed by atoms with Gasteiger partial charge in [-0.1, -0.05) is 30.0 Å². The summed E-state index contributed by atoms with van der Waals surface area (Å²) in [5, 5.41) is 4.09. The van der Waals surface area contributed by atoms with Gasteiger partial charge in [-0.3, -0.25) is 9.52 Å². The smallest absolute Gasteiger partial charge is 0.340 e. The van der Waals surface area contributed by atoms with Gasteiger partial charge < -0.3 is 10.1 Å². The van der Waals surface area contributed by atoms with E-state index in [0.29, 0.717) is 22.3 Å². The number of ether oxygens (including phenoxy) is 1. The van der Waals surface area contributed by atoms with Gasteiger partial charge >= 0.3 is 5.97 Å². The molecule has 0 atom stereocenters. The summed E-state index contributed by atoms with van der Waals surface area (Å²) < 4.78 is 57.0. The number of sulfonamides is 1. The van der Waals surface area contributed by atoms with Crippen molar-refractivity contribution in [2.24, 2.45) is 0 Å². The maximum Gasteiger partial charge on any atom is 0.340 e. The molecular weight excluding hydrogens is 482 g/mol. The first-order chi connectivity index (χ1) is 15.2. The van der Waals surface area contributed by atoms with Crippen LogP contribution in [0, 0.1) is 0 Å². The van der Waals surface area contributed by atoms with Crippen LogP contribution in [0.4, 0.5) is 20.2 Å². The molecular formula is C20H16F2N2O5S3. The predicted molar refractivity (Wildman–Crippen MR) is 119 cm³/mol. The number of nitrogens with one attached hydrogen (secondary N) is 2. The van der Waals surface area contributed by atoms with E-state index in [2.05, 4.69) is 10.0 Å². The number of esters is 1. The minimum Gasteiger partial charge on any atom is -0.452 e. The summed E-state index contributed by atoms with van der Waals surface area (Å²) >= 11 is 1.40. The molecule has 0 fully saturated rings. The molecule has 3 aromatic rings. The Morgan fingerprint density at radius 3 is 2.41 bits per heavy atom. The second kappa shape index (κ2) is 10.6. The molecule has 168 valence electrons. The Kier molecular flexibility index (Phi) is 7.83. The number of carbonyl (C=O) groups is 2. The van der Waals surface area contributed by atoms with Crippen LogP contribution in [0.1, 0.15) is 10.4 Å². The van der Waals surface area contributed by atoms with E-state index in [9.17, 15) is 26.8 Å². The average Bonchev–Trinajstić information content (AvgIpc) is 3.29. The number of amides is 1. The molecule has 2 aromatic carbocycles. The first kappa shape index (κ1) is 23.7. The van der Waals surface area contributed by atoms with Crippen LogP contribution in [0.15, 0.2) is 75.1 Å². The third kappa shape index (κ3) is 6.52. The zero-order chi connectivity index (χ0) is 23.1. The monoisotopic (exact) mass is 498 g/mol. The second-order valence-corrected chi connectivity index (χ2v) is 10.0. The second-order valence-electron chi connectivity index (χ2n) is 6.11. The molecule has 2 N–H and O–H groups in total. The summed E-state index contributed by atoms with van der Waals surface area (Å²) in [6, 6.07) is 14.6. The van der Waals surface area contributed by atoms with Crippen molar-refractivity contribution >= 4 is 56.4 Å². The number of thioether (sulfide) groups is 1. The van der Waals surface area contributed by atoms with E-state index in [1.54, 1.807) is 17.5 Å². The summed E-state index contributed by atoms with van der Waals surface area (Å²) in [5.74, 6) is -4.09. The van der Waals surface area contributed by atoms with Gasteiger partial charge in [0.05, 0.1) is 11.3 Å². The summed E-state index contributed by atoms with van der Waals surface area (Å²) in [6.45, 7) is -0.627. The zero-order valence-corrected chi connectivity index (χ0v) is 18.6. The number of anilines is 2. The third-order valence-electron chi connectivity index (χ3n) is 3.85. The summed E-state index contributed by atoms with van der Waals surface area (Å²) in [6.07, 6.45) is 0. The molecule has 0 aliphatic heterocycles. The number of rotatable bonds is 9. The van der Waals surface area contributed by atoms with Crippen molar-refractivity contribution in [3.05, 3.63) is 71.6 Å². The van der Waals surface area contributed by atoms with Gasteiger partial charge in [-0.25, -0.2) is 13.2 Å². The maximum absolute atomic E-state index is 12.4. The molecule has 1 aromatic heterocycles. The van der Waals surface area contributed by atoms with Gasteiger partial charge in [-0.15, -0.1) is 11.3 Å². The van der Waals surface area contributed by atoms with Crippen LogP contribution in [0.25, 0.3) is 0 Å². The van der Waals surface area contributed by atoms with E-state index in [1.807, 2.05) is 0 Å². The van der Waals surface area contributed by atoms with Gasteiger partial charge in [0.25, 0.3) is 21.7 Å². The van der Waals surface area contributed by atoms with Gasteiger partial charge in [0.2, 0.25) is 0 Å². The van der Waals surface area contributed by atoms with E-state index in [-0.39, 0.29) is 15.5 Å². The van der Waals surface area contributed by atoms with Crippen LogP contribution in [0.2, 0.25) is 0 Å². The topological polar surface area (TPSA) is 102 Å². The SMILES string of the molecule is O=C(COC(=O)c1ccccc1NS(=O)(=O)c1cccs1)Nc1ccc(SC(F)F)cc1. The fourth-order valence-electron chi connectivity index (χ4n) is 2.49. The van der Waals surface area contributed by atoms with E-state index in [4.69, 9.17) is 4.74 Å². The van der Waals surface area contributed by atoms with Gasteiger partial charge in [0, 0.05) is 10.6 Å². The minimum atomic E-state index is -3.88. The molecule has 0 saturated carbocycles. The van der Waals surface area contributed by atoms with Gasteiger partial charge in [0.15, 0.2) is 6.61 Å². The Morgan fingerprint density at radius 2 is 1.75 bits per heavy atom. The lowest BCUT2D eigenvalue weighted by molar-refractivity contribution is -0.119. The molecule has 0 radical (unpaired) electrons. The molecule has 7 nitrogen and oxygen atoms in total. The standard InChI is InChI=1S/C20H16F2N2O5S3/c21-20(22)31-14-9-7-13(8-10-14)23-17(25)12-29-19(26)15-4-1-2-5-16(15)24-32(27,28)18-6-3-11-30-18/h1-11,20,24H,12H2,(H,23,25). The summed E-state index contributed by atoms with van der Waals surface area (Å²) in [4.78, 5) is 24.8. The van der Waals surface area contributed by atoms with Crippen molar-refractivity contribution in [1.82, 2.24) is 0 Å². The molecule has 0 unspecified atom stereocenters. The number of alkyl halides is 2. The largest absolute Gasteiger partial charge is 0.452 e. The Hall–Kier alpha value is -2.96. The lowest BCUT2D eigenvalue weighted by Gasteiger charge is -2.12. The summed E-state index contributed by atoms with van der Waals surface area (Å²) in [7, 11) is -3.88. The molecule has 1 amide bonds. The molecule has 0 saturated heterocycles. The van der Waals surface area contributed by atoms with Crippen LogP contribution < -0.4 is 10.0 Å². The Balaban J connectivity index is 1.60. The van der Waals surface area contributed by atoms with E-state index < -0.39 is 34.3 Å². The highest BCUT2D eigenvalue weighted by molar-refractivity contribution is 7.99. The fourth-order valence-corrected chi connectivity index (χ4v) is 5.06. The molecule has 0 aliphatic carbocycles. The third-order valence-corrected chi connectivity index (χ3v) is 7.33. The van der Waals surface area contributed by atoms with Crippen LogP contribution >= 0.6 is 23.1 Å². The number of carbonyl (C=O) groups excluding carboxylic acids is 2. The van der Waals surface area contributed by atoms with Crippen molar-refractivity contribution in [3.8, 4) is 0 Å². The van der Waals surface area contributed by atoms with E-state index in [1.165, 1.54) is 48.5 Å². The lowest BCUT2D eigenvalue weighted by atomic mass is 10.2. The normalized spacial score (nSPS) is 11.2. The number of hydrogen-bond acceptors (Lipinski definition) is 7. The van der Waals surface area contributed by atoms with Gasteiger partial charge in [-0.05, 0) is 47.8 Å². The molecule has 3 rings (SSSR count). The molecule has 32 heavy (non-hydrogen) atoms. The molecule has 0 aliphatic rings. The van der Waals surface area contributed by atoms with Crippen LogP contribution in [0.5, 0.6) is 0 Å². The number of hydrogen-bond donors (Lipinski definition) is 2. The highest BCUT2D eigenvalue weighted by Gasteiger charge is 2.20. The first-order valence-electron chi connectivity index (χ1n) is 8.92. The number of benzene rings is 2. The quantitative estimate of drug-likeness (QED) is 0.329. The van der Waals surface area contributed by atoms with Crippen LogP contribution in [-0.4, -0.2) is 32.7 Å². The van der Waals surface area contributed by atoms with Crippen molar-refractivity contribution in [2.45, 2.75) is 14.9 Å². The van der Waals surface area contributed by atoms with E-state index in [0.717, 1.165) is 11.3 Å². The van der Waals surface area contributed by atoms with E-state index >= 15 is 0 Å².